The van der Waals surface area contributed by atoms with Crippen LogP contribution in [0.5, 0.6) is 5.75 Å². The SMILES string of the molecule is CC(C)(Oc1ccc(Cl)cc1)C(=O)O.O.[CaH2]. The molecule has 0 amide bonds. The molecule has 0 unspecified atom stereocenters. The average Bonchev–Trinajstić information content (AvgIpc) is 2.08. The number of aliphatic carboxylic acids is 1. The third kappa shape index (κ3) is 5.36. The molecular weight excluding hydrogens is 260 g/mol. The number of benzene rings is 1. The summed E-state index contributed by atoms with van der Waals surface area (Å²) in [6, 6.07) is 6.56. The van der Waals surface area contributed by atoms with Gasteiger partial charge in [-0.15, -0.1) is 0 Å². The number of carbonyl (C=O) groups is 1. The van der Waals surface area contributed by atoms with Gasteiger partial charge in [0.15, 0.2) is 5.60 Å². The van der Waals surface area contributed by atoms with Gasteiger partial charge in [0.2, 0.25) is 0 Å². The third-order valence-corrected chi connectivity index (χ3v) is 1.95. The molecule has 0 spiro atoms. The number of hydrogen-bond donors (Lipinski definition) is 1. The van der Waals surface area contributed by atoms with Crippen LogP contribution in [0.15, 0.2) is 24.3 Å². The van der Waals surface area contributed by atoms with Crippen molar-refractivity contribution in [2.24, 2.45) is 0 Å². The zero-order valence-corrected chi connectivity index (χ0v) is 9.21. The Morgan fingerprint density at radius 2 is 1.75 bits per heavy atom. The summed E-state index contributed by atoms with van der Waals surface area (Å²) >= 11 is 5.67. The van der Waals surface area contributed by atoms with E-state index in [1.807, 2.05) is 0 Å². The van der Waals surface area contributed by atoms with Crippen molar-refractivity contribution in [1.82, 2.24) is 0 Å². The summed E-state index contributed by atoms with van der Waals surface area (Å²) in [5.74, 6) is -0.519. The van der Waals surface area contributed by atoms with Gasteiger partial charge in [0.05, 0.1) is 0 Å². The molecule has 1 rings (SSSR count). The molecule has 0 saturated heterocycles. The van der Waals surface area contributed by atoms with E-state index >= 15 is 0 Å². The predicted molar refractivity (Wildman–Crippen MR) is 66.0 cm³/mol. The van der Waals surface area contributed by atoms with E-state index in [1.165, 1.54) is 13.8 Å². The van der Waals surface area contributed by atoms with Gasteiger partial charge in [0, 0.05) is 5.02 Å². The van der Waals surface area contributed by atoms with E-state index in [2.05, 4.69) is 0 Å². The Morgan fingerprint density at radius 1 is 1.31 bits per heavy atom. The zero-order chi connectivity index (χ0) is 10.8. The molecule has 0 saturated carbocycles. The Morgan fingerprint density at radius 3 is 2.12 bits per heavy atom. The molecule has 0 heterocycles. The summed E-state index contributed by atoms with van der Waals surface area (Å²) in [4.78, 5) is 10.7. The fourth-order valence-electron chi connectivity index (χ4n) is 0.841. The first-order chi connectivity index (χ1) is 6.42. The monoisotopic (exact) mass is 274 g/mol. The molecule has 4 nitrogen and oxygen atoms in total. The summed E-state index contributed by atoms with van der Waals surface area (Å²) in [6.07, 6.45) is 0. The van der Waals surface area contributed by atoms with Crippen LogP contribution in [0.1, 0.15) is 13.8 Å². The minimum absolute atomic E-state index is 0. The number of rotatable bonds is 3. The molecule has 0 bridgehead atoms. The average molecular weight is 275 g/mol. The molecule has 0 fully saturated rings. The van der Waals surface area contributed by atoms with E-state index in [1.54, 1.807) is 24.3 Å². The van der Waals surface area contributed by atoms with Crippen molar-refractivity contribution < 1.29 is 20.1 Å². The fourth-order valence-corrected chi connectivity index (χ4v) is 0.967. The van der Waals surface area contributed by atoms with E-state index < -0.39 is 11.6 Å². The standard InChI is InChI=1S/C10H11ClO3.Ca.H2O.2H/c1-10(2,9(12)13)14-8-5-3-7(11)4-6-8;;;;/h3-6H,1-2H3,(H,12,13);;1H2;;. The zero-order valence-electron chi connectivity index (χ0n) is 8.45. The van der Waals surface area contributed by atoms with Gasteiger partial charge in [0.1, 0.15) is 5.75 Å². The van der Waals surface area contributed by atoms with E-state index in [0.717, 1.165) is 0 Å². The molecule has 0 aromatic heterocycles. The van der Waals surface area contributed by atoms with E-state index in [9.17, 15) is 4.79 Å². The van der Waals surface area contributed by atoms with Crippen LogP contribution in [0.3, 0.4) is 0 Å². The first-order valence-corrected chi connectivity index (χ1v) is 4.47. The molecule has 16 heavy (non-hydrogen) atoms. The van der Waals surface area contributed by atoms with Gasteiger partial charge >= 0.3 is 43.7 Å². The van der Waals surface area contributed by atoms with Crippen LogP contribution in [-0.2, 0) is 4.79 Å². The van der Waals surface area contributed by atoms with Crippen LogP contribution < -0.4 is 4.74 Å². The van der Waals surface area contributed by atoms with Crippen molar-refractivity contribution in [3.05, 3.63) is 29.3 Å². The van der Waals surface area contributed by atoms with Crippen LogP contribution in [-0.4, -0.2) is 59.9 Å². The van der Waals surface area contributed by atoms with Gasteiger partial charge in [-0.1, -0.05) is 11.6 Å². The Labute approximate surface area is 129 Å². The van der Waals surface area contributed by atoms with Gasteiger partial charge in [0.25, 0.3) is 0 Å². The van der Waals surface area contributed by atoms with Crippen LogP contribution >= 0.6 is 11.6 Å². The Bertz CT molecular complexity index is 337. The van der Waals surface area contributed by atoms with E-state index in [-0.39, 0.29) is 43.2 Å². The summed E-state index contributed by atoms with van der Waals surface area (Å²) in [7, 11) is 0. The second-order valence-electron chi connectivity index (χ2n) is 3.37. The molecule has 0 aliphatic carbocycles. The molecule has 88 valence electrons. The number of ether oxygens (including phenoxy) is 1. The Kier molecular flexibility index (Phi) is 8.44. The summed E-state index contributed by atoms with van der Waals surface area (Å²) in [5, 5.41) is 9.39. The Balaban J connectivity index is 0. The maximum atomic E-state index is 10.7. The molecule has 0 aliphatic rings. The van der Waals surface area contributed by atoms with Gasteiger partial charge in [-0.3, -0.25) is 0 Å². The first kappa shape index (κ1) is 18.4. The van der Waals surface area contributed by atoms with Gasteiger partial charge < -0.3 is 15.3 Å². The van der Waals surface area contributed by atoms with Gasteiger partial charge in [-0.05, 0) is 38.1 Å². The maximum absolute atomic E-state index is 10.7. The molecule has 3 N–H and O–H groups in total. The molecular formula is C10H15CaClO4. The number of hydrogen-bond acceptors (Lipinski definition) is 2. The quantitative estimate of drug-likeness (QED) is 0.830. The second kappa shape index (κ2) is 7.35. The van der Waals surface area contributed by atoms with Crippen LogP contribution in [0.4, 0.5) is 0 Å². The van der Waals surface area contributed by atoms with Crippen LogP contribution in [0.2, 0.25) is 5.02 Å². The topological polar surface area (TPSA) is 78.0 Å². The summed E-state index contributed by atoms with van der Waals surface area (Å²) < 4.78 is 5.26. The fraction of sp³-hybridized carbons (Fsp3) is 0.300. The van der Waals surface area contributed by atoms with Crippen molar-refractivity contribution in [1.29, 1.82) is 0 Å². The molecule has 0 aliphatic heterocycles. The second-order valence-corrected chi connectivity index (χ2v) is 3.81. The van der Waals surface area contributed by atoms with Crippen molar-refractivity contribution >= 4 is 55.3 Å². The molecule has 6 heteroatoms. The van der Waals surface area contributed by atoms with Crippen LogP contribution in [0.25, 0.3) is 0 Å². The molecule has 0 atom stereocenters. The summed E-state index contributed by atoms with van der Waals surface area (Å²) in [6.45, 7) is 2.98. The number of carboxylic acid groups (broad SMARTS) is 1. The van der Waals surface area contributed by atoms with Gasteiger partial charge in [-0.2, -0.15) is 0 Å². The first-order valence-electron chi connectivity index (χ1n) is 4.10. The van der Waals surface area contributed by atoms with E-state index in [0.29, 0.717) is 10.8 Å². The third-order valence-electron chi connectivity index (χ3n) is 1.70. The van der Waals surface area contributed by atoms with Crippen LogP contribution in [0, 0.1) is 0 Å². The number of halogens is 1. The molecule has 0 radical (unpaired) electrons. The number of carboxylic acids is 1. The Hall–Kier alpha value is -0.000260. The minimum atomic E-state index is -1.23. The van der Waals surface area contributed by atoms with Crippen molar-refractivity contribution in [3.63, 3.8) is 0 Å². The van der Waals surface area contributed by atoms with E-state index in [4.69, 9.17) is 21.4 Å². The van der Waals surface area contributed by atoms with Crippen molar-refractivity contribution in [2.45, 2.75) is 19.4 Å². The van der Waals surface area contributed by atoms with Gasteiger partial charge in [-0.25, -0.2) is 4.79 Å². The molecule has 1 aromatic carbocycles. The summed E-state index contributed by atoms with van der Waals surface area (Å²) in [5.41, 5.74) is -1.23. The molecule has 1 aromatic rings. The van der Waals surface area contributed by atoms with Crippen molar-refractivity contribution in [3.8, 4) is 5.75 Å². The normalized spacial score (nSPS) is 9.69. The predicted octanol–water partition coefficient (Wildman–Crippen LogP) is 0.841. The van der Waals surface area contributed by atoms with Crippen molar-refractivity contribution in [2.75, 3.05) is 0 Å².